The van der Waals surface area contributed by atoms with Crippen molar-refractivity contribution in [3.63, 3.8) is 0 Å². The predicted molar refractivity (Wildman–Crippen MR) is 82.3 cm³/mol. The molecule has 100 valence electrons. The number of nitriles is 1. The molecule has 0 fully saturated rings. The van der Waals surface area contributed by atoms with Crippen LogP contribution in [0.1, 0.15) is 5.76 Å². The van der Waals surface area contributed by atoms with E-state index in [1.54, 1.807) is 18.2 Å². The summed E-state index contributed by atoms with van der Waals surface area (Å²) >= 11 is 6.83. The zero-order valence-corrected chi connectivity index (χ0v) is 13.2. The Labute approximate surface area is 132 Å². The van der Waals surface area contributed by atoms with Gasteiger partial charge in [-0.15, -0.1) is 0 Å². The molecule has 4 nitrogen and oxygen atoms in total. The smallest absolute Gasteiger partial charge is 0.259 e. The average Bonchev–Trinajstić information content (AvgIpc) is 2.86. The third-order valence-corrected chi connectivity index (χ3v) is 3.68. The molecule has 0 radical (unpaired) electrons. The third-order valence-electron chi connectivity index (χ3n) is 2.49. The van der Waals surface area contributed by atoms with Crippen LogP contribution in [0.3, 0.4) is 0 Å². The SMILES string of the molecule is N#CC(=Cc1ccc(-c2cc(Br)ccc2Br)o1)C(N)=O. The highest BCUT2D eigenvalue weighted by Crippen LogP contribution is 2.32. The number of furan rings is 1. The lowest BCUT2D eigenvalue weighted by atomic mass is 10.2. The first-order valence-corrected chi connectivity index (χ1v) is 7.06. The van der Waals surface area contributed by atoms with Crippen molar-refractivity contribution >= 4 is 43.8 Å². The molecule has 0 spiro atoms. The summed E-state index contributed by atoms with van der Waals surface area (Å²) in [5.41, 5.74) is 5.78. The number of primary amides is 1. The van der Waals surface area contributed by atoms with Gasteiger partial charge in [0.1, 0.15) is 23.2 Å². The van der Waals surface area contributed by atoms with E-state index >= 15 is 0 Å². The minimum atomic E-state index is -0.783. The lowest BCUT2D eigenvalue weighted by Crippen LogP contribution is -2.12. The summed E-state index contributed by atoms with van der Waals surface area (Å²) in [6.07, 6.45) is 1.32. The van der Waals surface area contributed by atoms with E-state index in [-0.39, 0.29) is 5.57 Å². The highest BCUT2D eigenvalue weighted by atomic mass is 79.9. The number of nitrogens with zero attached hydrogens (tertiary/aromatic N) is 1. The fourth-order valence-corrected chi connectivity index (χ4v) is 2.37. The Morgan fingerprint density at radius 3 is 2.70 bits per heavy atom. The number of nitrogens with two attached hydrogens (primary N) is 1. The van der Waals surface area contributed by atoms with Gasteiger partial charge in [-0.1, -0.05) is 31.9 Å². The maximum atomic E-state index is 11.0. The van der Waals surface area contributed by atoms with Crippen LogP contribution in [0.5, 0.6) is 0 Å². The monoisotopic (exact) mass is 394 g/mol. The number of halogens is 2. The van der Waals surface area contributed by atoms with Gasteiger partial charge >= 0.3 is 0 Å². The second kappa shape index (κ2) is 6.07. The molecule has 0 aliphatic carbocycles. The minimum absolute atomic E-state index is 0.154. The van der Waals surface area contributed by atoms with Gasteiger partial charge in [0.05, 0.1) is 0 Å². The molecule has 0 saturated carbocycles. The number of hydrogen-bond acceptors (Lipinski definition) is 3. The van der Waals surface area contributed by atoms with Gasteiger partial charge in [-0.05, 0) is 30.3 Å². The van der Waals surface area contributed by atoms with Crippen LogP contribution in [0.4, 0.5) is 0 Å². The van der Waals surface area contributed by atoms with Crippen molar-refractivity contribution in [3.05, 3.63) is 50.6 Å². The average molecular weight is 396 g/mol. The number of carbonyl (C=O) groups is 1. The zero-order chi connectivity index (χ0) is 14.7. The second-order valence-electron chi connectivity index (χ2n) is 3.86. The normalized spacial score (nSPS) is 11.2. The minimum Gasteiger partial charge on any atom is -0.457 e. The highest BCUT2D eigenvalue weighted by Gasteiger charge is 2.10. The topological polar surface area (TPSA) is 80.0 Å². The fourth-order valence-electron chi connectivity index (χ4n) is 1.56. The summed E-state index contributed by atoms with van der Waals surface area (Å²) in [7, 11) is 0. The largest absolute Gasteiger partial charge is 0.457 e. The Balaban J connectivity index is 2.42. The van der Waals surface area contributed by atoms with Gasteiger partial charge in [0.2, 0.25) is 0 Å². The summed E-state index contributed by atoms with van der Waals surface area (Å²) < 4.78 is 7.39. The zero-order valence-electron chi connectivity index (χ0n) is 10.1. The van der Waals surface area contributed by atoms with E-state index in [1.807, 2.05) is 18.2 Å². The van der Waals surface area contributed by atoms with Crippen molar-refractivity contribution in [1.82, 2.24) is 0 Å². The third kappa shape index (κ3) is 3.18. The van der Waals surface area contributed by atoms with Crippen LogP contribution in [-0.2, 0) is 4.79 Å². The Morgan fingerprint density at radius 1 is 1.30 bits per heavy atom. The Bertz CT molecular complexity index is 742. The van der Waals surface area contributed by atoms with Crippen molar-refractivity contribution in [2.24, 2.45) is 5.73 Å². The second-order valence-corrected chi connectivity index (χ2v) is 5.63. The fraction of sp³-hybridized carbons (Fsp3) is 0. The van der Waals surface area contributed by atoms with E-state index in [1.165, 1.54) is 6.08 Å². The molecule has 0 aliphatic heterocycles. The number of amides is 1. The number of benzene rings is 1. The first kappa shape index (κ1) is 14.6. The summed E-state index contributed by atoms with van der Waals surface area (Å²) in [6, 6.07) is 10.8. The molecule has 1 aromatic carbocycles. The molecule has 0 bridgehead atoms. The molecule has 0 atom stereocenters. The lowest BCUT2D eigenvalue weighted by molar-refractivity contribution is -0.114. The molecule has 2 rings (SSSR count). The molecular formula is C14H8Br2N2O2. The van der Waals surface area contributed by atoms with Crippen LogP contribution >= 0.6 is 31.9 Å². The van der Waals surface area contributed by atoms with E-state index in [0.717, 1.165) is 14.5 Å². The van der Waals surface area contributed by atoms with Crippen LogP contribution in [0.15, 0.2) is 49.3 Å². The number of carbonyl (C=O) groups excluding carboxylic acids is 1. The maximum absolute atomic E-state index is 11.0. The van der Waals surface area contributed by atoms with E-state index in [9.17, 15) is 4.79 Å². The number of hydrogen-bond donors (Lipinski definition) is 1. The van der Waals surface area contributed by atoms with Gasteiger partial charge in [-0.3, -0.25) is 4.79 Å². The van der Waals surface area contributed by atoms with Gasteiger partial charge in [-0.25, -0.2) is 0 Å². The van der Waals surface area contributed by atoms with Crippen LogP contribution < -0.4 is 5.73 Å². The Morgan fingerprint density at radius 2 is 2.05 bits per heavy atom. The van der Waals surface area contributed by atoms with Crippen LogP contribution in [0, 0.1) is 11.3 Å². The van der Waals surface area contributed by atoms with Gasteiger partial charge in [0, 0.05) is 20.6 Å². The van der Waals surface area contributed by atoms with Crippen LogP contribution in [0.25, 0.3) is 17.4 Å². The summed E-state index contributed by atoms with van der Waals surface area (Å²) in [5, 5.41) is 8.79. The molecule has 1 amide bonds. The van der Waals surface area contributed by atoms with Gasteiger partial charge < -0.3 is 10.2 Å². The summed E-state index contributed by atoms with van der Waals surface area (Å²) in [6.45, 7) is 0. The van der Waals surface area contributed by atoms with E-state index < -0.39 is 5.91 Å². The summed E-state index contributed by atoms with van der Waals surface area (Å²) in [5.74, 6) is 0.225. The van der Waals surface area contributed by atoms with Gasteiger partial charge in [0.15, 0.2) is 0 Å². The molecule has 20 heavy (non-hydrogen) atoms. The molecule has 2 N–H and O–H groups in total. The molecule has 0 saturated heterocycles. The van der Waals surface area contributed by atoms with Crippen molar-refractivity contribution in [2.45, 2.75) is 0 Å². The molecular weight excluding hydrogens is 388 g/mol. The van der Waals surface area contributed by atoms with Crippen molar-refractivity contribution in [2.75, 3.05) is 0 Å². The standard InChI is InChI=1S/C14H8Br2N2O2/c15-9-1-3-12(16)11(6-9)13-4-2-10(20-13)5-8(7-17)14(18)19/h1-6H,(H2,18,19). The molecule has 2 aromatic rings. The van der Waals surface area contributed by atoms with E-state index in [2.05, 4.69) is 31.9 Å². The van der Waals surface area contributed by atoms with Crippen LogP contribution in [0.2, 0.25) is 0 Å². The Hall–Kier alpha value is -1.84. The van der Waals surface area contributed by atoms with Crippen molar-refractivity contribution in [1.29, 1.82) is 5.26 Å². The van der Waals surface area contributed by atoms with Gasteiger partial charge in [0.25, 0.3) is 5.91 Å². The predicted octanol–water partition coefficient (Wildman–Crippen LogP) is 3.86. The molecule has 1 heterocycles. The molecule has 6 heteroatoms. The Kier molecular flexibility index (Phi) is 4.42. The van der Waals surface area contributed by atoms with E-state index in [0.29, 0.717) is 11.5 Å². The molecule has 1 aromatic heterocycles. The van der Waals surface area contributed by atoms with Gasteiger partial charge in [-0.2, -0.15) is 5.26 Å². The van der Waals surface area contributed by atoms with Crippen molar-refractivity contribution < 1.29 is 9.21 Å². The lowest BCUT2D eigenvalue weighted by Gasteiger charge is -2.01. The molecule has 0 unspecified atom stereocenters. The van der Waals surface area contributed by atoms with Crippen molar-refractivity contribution in [3.8, 4) is 17.4 Å². The highest BCUT2D eigenvalue weighted by molar-refractivity contribution is 9.11. The van der Waals surface area contributed by atoms with E-state index in [4.69, 9.17) is 15.4 Å². The number of rotatable bonds is 3. The van der Waals surface area contributed by atoms with Crippen LogP contribution in [-0.4, -0.2) is 5.91 Å². The molecule has 0 aliphatic rings. The first-order valence-electron chi connectivity index (χ1n) is 5.48. The maximum Gasteiger partial charge on any atom is 0.259 e. The quantitative estimate of drug-likeness (QED) is 0.632. The first-order chi connectivity index (χ1) is 9.51. The summed E-state index contributed by atoms with van der Waals surface area (Å²) in [4.78, 5) is 11.0.